The Balaban J connectivity index is 1.48. The van der Waals surface area contributed by atoms with Crippen molar-refractivity contribution < 1.29 is 28.9 Å². The van der Waals surface area contributed by atoms with Crippen LogP contribution in [0, 0.1) is 0 Å². The number of phenols is 1. The first-order valence-corrected chi connectivity index (χ1v) is 11.2. The number of hydrogen-bond acceptors (Lipinski definition) is 7. The van der Waals surface area contributed by atoms with E-state index in [0.29, 0.717) is 23.7 Å². The van der Waals surface area contributed by atoms with Crippen LogP contribution < -0.4 is 19.6 Å². The lowest BCUT2D eigenvalue weighted by Crippen LogP contribution is -2.17. The van der Waals surface area contributed by atoms with Gasteiger partial charge in [-0.1, -0.05) is 36.4 Å². The van der Waals surface area contributed by atoms with Crippen LogP contribution in [0.3, 0.4) is 0 Å². The molecule has 0 unspecified atom stereocenters. The second-order valence-corrected chi connectivity index (χ2v) is 7.64. The average Bonchev–Trinajstić information content (AvgIpc) is 2.89. The maximum atomic E-state index is 12.7. The SMILES string of the molecule is CCOc1cc(/C=N/NC(=O)c2cc3ccccc3cc2O)ccc1OC(=O)c1ccccc1OC. The molecule has 0 heterocycles. The lowest BCUT2D eigenvalue weighted by molar-refractivity contribution is 0.0724. The van der Waals surface area contributed by atoms with E-state index in [1.54, 1.807) is 48.5 Å². The lowest BCUT2D eigenvalue weighted by atomic mass is 10.1. The van der Waals surface area contributed by atoms with Crippen LogP contribution in [0.25, 0.3) is 10.8 Å². The molecule has 0 atom stereocenters. The molecule has 182 valence electrons. The Bertz CT molecular complexity index is 1450. The van der Waals surface area contributed by atoms with Crippen LogP contribution in [0.15, 0.2) is 84.0 Å². The Labute approximate surface area is 207 Å². The highest BCUT2D eigenvalue weighted by molar-refractivity contribution is 6.01. The number of hydrogen-bond donors (Lipinski definition) is 2. The first kappa shape index (κ1) is 24.3. The molecule has 0 radical (unpaired) electrons. The van der Waals surface area contributed by atoms with Gasteiger partial charge in [-0.05, 0) is 65.7 Å². The first-order chi connectivity index (χ1) is 17.5. The van der Waals surface area contributed by atoms with Crippen molar-refractivity contribution in [3.63, 3.8) is 0 Å². The van der Waals surface area contributed by atoms with Crippen LogP contribution in [-0.2, 0) is 0 Å². The van der Waals surface area contributed by atoms with Crippen molar-refractivity contribution in [1.82, 2.24) is 5.43 Å². The molecule has 0 spiro atoms. The molecule has 0 saturated carbocycles. The number of carbonyl (C=O) groups is 2. The molecule has 0 aliphatic heterocycles. The number of para-hydroxylation sites is 1. The highest BCUT2D eigenvalue weighted by atomic mass is 16.6. The molecule has 1 amide bonds. The number of benzene rings is 4. The van der Waals surface area contributed by atoms with Crippen molar-refractivity contribution in [2.75, 3.05) is 13.7 Å². The summed E-state index contributed by atoms with van der Waals surface area (Å²) < 4.78 is 16.4. The number of nitrogens with zero attached hydrogens (tertiary/aromatic N) is 1. The van der Waals surface area contributed by atoms with Crippen LogP contribution in [0.1, 0.15) is 33.2 Å². The topological polar surface area (TPSA) is 106 Å². The molecular formula is C28H24N2O6. The normalized spacial score (nSPS) is 10.8. The smallest absolute Gasteiger partial charge is 0.347 e. The van der Waals surface area contributed by atoms with Crippen LogP contribution in [-0.4, -0.2) is 36.9 Å². The van der Waals surface area contributed by atoms with Crippen LogP contribution in [0.2, 0.25) is 0 Å². The monoisotopic (exact) mass is 484 g/mol. The van der Waals surface area contributed by atoms with E-state index >= 15 is 0 Å². The van der Waals surface area contributed by atoms with E-state index in [1.807, 2.05) is 31.2 Å². The molecule has 8 heteroatoms. The number of phenolic OH excluding ortho intramolecular Hbond substituents is 1. The molecule has 8 nitrogen and oxygen atoms in total. The molecule has 0 bridgehead atoms. The Hall–Kier alpha value is -4.85. The molecule has 2 N–H and O–H groups in total. The van der Waals surface area contributed by atoms with E-state index < -0.39 is 11.9 Å². The summed E-state index contributed by atoms with van der Waals surface area (Å²) in [5.41, 5.74) is 3.41. The Morgan fingerprint density at radius 1 is 0.889 bits per heavy atom. The summed E-state index contributed by atoms with van der Waals surface area (Å²) in [5, 5.41) is 15.9. The molecule has 0 aromatic heterocycles. The van der Waals surface area contributed by atoms with Gasteiger partial charge in [-0.3, -0.25) is 4.79 Å². The van der Waals surface area contributed by atoms with E-state index in [-0.39, 0.29) is 22.6 Å². The van der Waals surface area contributed by atoms with Crippen molar-refractivity contribution in [2.24, 2.45) is 5.10 Å². The largest absolute Gasteiger partial charge is 0.507 e. The number of nitrogens with one attached hydrogen (secondary N) is 1. The van der Waals surface area contributed by atoms with Crippen LogP contribution >= 0.6 is 0 Å². The van der Waals surface area contributed by atoms with E-state index in [2.05, 4.69) is 10.5 Å². The molecular weight excluding hydrogens is 460 g/mol. The zero-order valence-corrected chi connectivity index (χ0v) is 19.7. The van der Waals surface area contributed by atoms with Crippen molar-refractivity contribution >= 4 is 28.9 Å². The Kier molecular flexibility index (Phi) is 7.45. The zero-order chi connectivity index (χ0) is 25.5. The number of esters is 1. The van der Waals surface area contributed by atoms with Gasteiger partial charge in [0.25, 0.3) is 5.91 Å². The van der Waals surface area contributed by atoms with Gasteiger partial charge in [0.15, 0.2) is 11.5 Å². The third-order valence-electron chi connectivity index (χ3n) is 5.29. The minimum absolute atomic E-state index is 0.111. The van der Waals surface area contributed by atoms with Crippen LogP contribution in [0.4, 0.5) is 0 Å². The number of methoxy groups -OCH3 is 1. The van der Waals surface area contributed by atoms with E-state index in [4.69, 9.17) is 14.2 Å². The number of rotatable bonds is 8. The summed E-state index contributed by atoms with van der Waals surface area (Å²) in [7, 11) is 1.48. The van der Waals surface area contributed by atoms with E-state index in [9.17, 15) is 14.7 Å². The van der Waals surface area contributed by atoms with Gasteiger partial charge in [0.05, 0.1) is 25.5 Å². The highest BCUT2D eigenvalue weighted by Crippen LogP contribution is 2.30. The summed E-state index contributed by atoms with van der Waals surface area (Å²) in [6.45, 7) is 2.15. The fourth-order valence-electron chi connectivity index (χ4n) is 3.56. The molecule has 0 aliphatic rings. The molecule has 4 aromatic rings. The number of hydrazone groups is 1. The van der Waals surface area contributed by atoms with Crippen molar-refractivity contribution in [1.29, 1.82) is 0 Å². The van der Waals surface area contributed by atoms with E-state index in [1.165, 1.54) is 19.4 Å². The number of carbonyl (C=O) groups excluding carboxylic acids is 2. The summed E-state index contributed by atoms with van der Waals surface area (Å²) in [6, 6.07) is 22.2. The number of aromatic hydroxyl groups is 1. The van der Waals surface area contributed by atoms with Gasteiger partial charge in [0, 0.05) is 0 Å². The van der Waals surface area contributed by atoms with Crippen molar-refractivity contribution in [3.05, 3.63) is 95.6 Å². The molecule has 4 aromatic carbocycles. The predicted octanol–water partition coefficient (Wildman–Crippen LogP) is 4.94. The number of ether oxygens (including phenoxy) is 3. The second kappa shape index (κ2) is 11.1. The minimum Gasteiger partial charge on any atom is -0.507 e. The highest BCUT2D eigenvalue weighted by Gasteiger charge is 2.17. The molecule has 0 fully saturated rings. The number of amides is 1. The predicted molar refractivity (Wildman–Crippen MR) is 136 cm³/mol. The molecule has 0 aliphatic carbocycles. The maximum absolute atomic E-state index is 12.7. The van der Waals surface area contributed by atoms with Gasteiger partial charge in [-0.15, -0.1) is 0 Å². The standard InChI is InChI=1S/C28H24N2O6/c1-3-35-26-14-18(12-13-25(26)36-28(33)21-10-6-7-11-24(21)34-2)17-29-30-27(32)22-15-19-8-4-5-9-20(19)16-23(22)31/h4-17,31H,3H2,1-2H3,(H,30,32)/b29-17+. The number of fused-ring (bicyclic) bond motifs is 1. The summed E-state index contributed by atoms with van der Waals surface area (Å²) in [4.78, 5) is 25.2. The first-order valence-electron chi connectivity index (χ1n) is 11.2. The fraction of sp³-hybridized carbons (Fsp3) is 0.107. The van der Waals surface area contributed by atoms with Gasteiger partial charge >= 0.3 is 5.97 Å². The summed E-state index contributed by atoms with van der Waals surface area (Å²) in [5.74, 6) is -0.309. The molecule has 36 heavy (non-hydrogen) atoms. The second-order valence-electron chi connectivity index (χ2n) is 7.64. The fourth-order valence-corrected chi connectivity index (χ4v) is 3.56. The third kappa shape index (κ3) is 5.44. The van der Waals surface area contributed by atoms with Gasteiger partial charge in [-0.2, -0.15) is 5.10 Å². The van der Waals surface area contributed by atoms with Crippen molar-refractivity contribution in [3.8, 4) is 23.0 Å². The summed E-state index contributed by atoms with van der Waals surface area (Å²) in [6.07, 6.45) is 1.42. The Morgan fingerprint density at radius 3 is 2.36 bits per heavy atom. The van der Waals surface area contributed by atoms with E-state index in [0.717, 1.165) is 10.8 Å². The van der Waals surface area contributed by atoms with Crippen LogP contribution in [0.5, 0.6) is 23.0 Å². The zero-order valence-electron chi connectivity index (χ0n) is 19.7. The lowest BCUT2D eigenvalue weighted by Gasteiger charge is -2.12. The van der Waals surface area contributed by atoms with Crippen molar-refractivity contribution in [2.45, 2.75) is 6.92 Å². The van der Waals surface area contributed by atoms with Gasteiger partial charge < -0.3 is 19.3 Å². The quantitative estimate of drug-likeness (QED) is 0.159. The van der Waals surface area contributed by atoms with Gasteiger partial charge in [-0.25, -0.2) is 10.2 Å². The Morgan fingerprint density at radius 2 is 1.61 bits per heavy atom. The minimum atomic E-state index is -0.586. The average molecular weight is 485 g/mol. The van der Waals surface area contributed by atoms with Gasteiger partial charge in [0.2, 0.25) is 0 Å². The molecule has 4 rings (SSSR count). The molecule has 0 saturated heterocycles. The third-order valence-corrected chi connectivity index (χ3v) is 5.29. The maximum Gasteiger partial charge on any atom is 0.347 e. The summed E-state index contributed by atoms with van der Waals surface area (Å²) >= 11 is 0. The van der Waals surface area contributed by atoms with Gasteiger partial charge in [0.1, 0.15) is 17.1 Å².